The molecule has 0 saturated carbocycles. The Bertz CT molecular complexity index is 919. The van der Waals surface area contributed by atoms with Crippen molar-refractivity contribution in [3.05, 3.63) is 59.7 Å². The summed E-state index contributed by atoms with van der Waals surface area (Å²) < 4.78 is 36.5. The first-order valence-electron chi connectivity index (χ1n) is 8.69. The first kappa shape index (κ1) is 21.6. The van der Waals surface area contributed by atoms with Crippen LogP contribution in [0.15, 0.2) is 47.2 Å². The summed E-state index contributed by atoms with van der Waals surface area (Å²) in [6.45, 7) is 2.30. The van der Waals surface area contributed by atoms with Gasteiger partial charge in [0.25, 0.3) is 0 Å². The van der Waals surface area contributed by atoms with E-state index in [0.29, 0.717) is 24.7 Å². The van der Waals surface area contributed by atoms with Crippen LogP contribution in [0, 0.1) is 0 Å². The number of hydrogen-bond acceptors (Lipinski definition) is 7. The monoisotopic (exact) mass is 407 g/mol. The standard InChI is InChI=1S/C19H25N3O5S/c1-15(23)21-28(24,25)14-18-17(8-11-26-18)6-4-5-10-27-19-12-16(7-9-20-19)13-22(2)3/h4-5,7-9,11-12H,6,10,13-14H2,1-3H3,(H,21,23)/b5-4+. The van der Waals surface area contributed by atoms with Gasteiger partial charge in [0, 0.05) is 25.7 Å². The highest BCUT2D eigenvalue weighted by Gasteiger charge is 2.17. The molecule has 0 spiro atoms. The molecule has 1 N–H and O–H groups in total. The van der Waals surface area contributed by atoms with Crippen LogP contribution in [-0.2, 0) is 33.5 Å². The summed E-state index contributed by atoms with van der Waals surface area (Å²) in [4.78, 5) is 17.2. The summed E-state index contributed by atoms with van der Waals surface area (Å²) in [5, 5.41) is 0. The van der Waals surface area contributed by atoms with Crippen LogP contribution in [0.4, 0.5) is 0 Å². The number of nitrogens with zero attached hydrogens (tertiary/aromatic N) is 2. The predicted octanol–water partition coefficient (Wildman–Crippen LogP) is 1.88. The Balaban J connectivity index is 1.86. The van der Waals surface area contributed by atoms with Gasteiger partial charge in [-0.05, 0) is 43.8 Å². The minimum Gasteiger partial charge on any atom is -0.473 e. The number of amides is 1. The third-order valence-corrected chi connectivity index (χ3v) is 4.83. The lowest BCUT2D eigenvalue weighted by molar-refractivity contribution is -0.117. The normalized spacial score (nSPS) is 11.9. The molecule has 0 aliphatic carbocycles. The van der Waals surface area contributed by atoms with E-state index in [1.165, 1.54) is 6.26 Å². The molecule has 0 atom stereocenters. The average molecular weight is 407 g/mol. The van der Waals surface area contributed by atoms with Crippen LogP contribution in [0.1, 0.15) is 23.8 Å². The predicted molar refractivity (Wildman–Crippen MR) is 105 cm³/mol. The lowest BCUT2D eigenvalue weighted by Gasteiger charge is -2.10. The Morgan fingerprint density at radius 1 is 1.32 bits per heavy atom. The molecule has 152 valence electrons. The van der Waals surface area contributed by atoms with Crippen molar-refractivity contribution >= 4 is 15.9 Å². The molecule has 0 bridgehead atoms. The molecule has 0 saturated heterocycles. The first-order valence-corrected chi connectivity index (χ1v) is 10.3. The van der Waals surface area contributed by atoms with Crippen molar-refractivity contribution in [2.24, 2.45) is 0 Å². The molecule has 2 aromatic rings. The highest BCUT2D eigenvalue weighted by atomic mass is 32.2. The van der Waals surface area contributed by atoms with Gasteiger partial charge in [-0.15, -0.1) is 0 Å². The molecule has 9 heteroatoms. The van der Waals surface area contributed by atoms with Gasteiger partial charge < -0.3 is 14.1 Å². The Hall–Kier alpha value is -2.65. The number of carbonyl (C=O) groups is 1. The fraction of sp³-hybridized carbons (Fsp3) is 0.368. The van der Waals surface area contributed by atoms with Gasteiger partial charge in [0.1, 0.15) is 18.1 Å². The van der Waals surface area contributed by atoms with Crippen LogP contribution >= 0.6 is 0 Å². The highest BCUT2D eigenvalue weighted by molar-refractivity contribution is 7.89. The van der Waals surface area contributed by atoms with Crippen LogP contribution in [-0.4, -0.2) is 44.9 Å². The first-order chi connectivity index (χ1) is 13.2. The van der Waals surface area contributed by atoms with E-state index in [0.717, 1.165) is 24.6 Å². The molecule has 8 nitrogen and oxygen atoms in total. The molecule has 2 rings (SSSR count). The minimum atomic E-state index is -3.76. The number of sulfonamides is 1. The molecular weight excluding hydrogens is 382 g/mol. The maximum atomic E-state index is 11.8. The third kappa shape index (κ3) is 7.53. The molecule has 28 heavy (non-hydrogen) atoms. The van der Waals surface area contributed by atoms with E-state index in [9.17, 15) is 13.2 Å². The van der Waals surface area contributed by atoms with E-state index in [2.05, 4.69) is 9.88 Å². The summed E-state index contributed by atoms with van der Waals surface area (Å²) in [6, 6.07) is 5.54. The lowest BCUT2D eigenvalue weighted by Crippen LogP contribution is -2.29. The Kier molecular flexibility index (Phi) is 7.77. The zero-order valence-corrected chi connectivity index (χ0v) is 17.0. The molecule has 0 unspecified atom stereocenters. The second-order valence-electron chi connectivity index (χ2n) is 6.51. The highest BCUT2D eigenvalue weighted by Crippen LogP contribution is 2.15. The van der Waals surface area contributed by atoms with Crippen LogP contribution in [0.2, 0.25) is 0 Å². The second kappa shape index (κ2) is 10.0. The van der Waals surface area contributed by atoms with E-state index < -0.39 is 15.9 Å². The second-order valence-corrected chi connectivity index (χ2v) is 8.24. The van der Waals surface area contributed by atoms with Crippen molar-refractivity contribution in [1.82, 2.24) is 14.6 Å². The molecule has 0 aliphatic heterocycles. The van der Waals surface area contributed by atoms with Crippen molar-refractivity contribution in [3.8, 4) is 5.88 Å². The minimum absolute atomic E-state index is 0.303. The maximum Gasteiger partial charge on any atom is 0.242 e. The number of furan rings is 1. The summed E-state index contributed by atoms with van der Waals surface area (Å²) in [5.74, 6) is -0.165. The molecule has 0 radical (unpaired) electrons. The van der Waals surface area contributed by atoms with E-state index in [4.69, 9.17) is 9.15 Å². The number of allylic oxidation sites excluding steroid dienone is 1. The topological polar surface area (TPSA) is 102 Å². The van der Waals surface area contributed by atoms with Crippen molar-refractivity contribution in [1.29, 1.82) is 0 Å². The zero-order valence-electron chi connectivity index (χ0n) is 16.2. The van der Waals surface area contributed by atoms with Crippen molar-refractivity contribution in [3.63, 3.8) is 0 Å². The van der Waals surface area contributed by atoms with Crippen molar-refractivity contribution < 1.29 is 22.4 Å². The largest absolute Gasteiger partial charge is 0.473 e. The van der Waals surface area contributed by atoms with Crippen molar-refractivity contribution in [2.45, 2.75) is 25.6 Å². The van der Waals surface area contributed by atoms with Gasteiger partial charge in [-0.2, -0.15) is 0 Å². The Labute approximate surface area is 165 Å². The number of nitrogens with one attached hydrogen (secondary N) is 1. The van der Waals surface area contributed by atoms with Gasteiger partial charge >= 0.3 is 0 Å². The molecular formula is C19H25N3O5S. The Morgan fingerprint density at radius 3 is 2.82 bits per heavy atom. The van der Waals surface area contributed by atoms with Crippen LogP contribution in [0.3, 0.4) is 0 Å². The third-order valence-electron chi connectivity index (χ3n) is 3.59. The lowest BCUT2D eigenvalue weighted by atomic mass is 10.2. The quantitative estimate of drug-likeness (QED) is 0.600. The number of ether oxygens (including phenoxy) is 1. The molecule has 2 aromatic heterocycles. The van der Waals surface area contributed by atoms with E-state index >= 15 is 0 Å². The van der Waals surface area contributed by atoms with E-state index in [-0.39, 0.29) is 5.75 Å². The van der Waals surface area contributed by atoms with Gasteiger partial charge in [0.2, 0.25) is 21.8 Å². The zero-order chi connectivity index (χ0) is 20.6. The van der Waals surface area contributed by atoms with Gasteiger partial charge in [-0.3, -0.25) is 9.52 Å². The molecule has 0 aliphatic rings. The van der Waals surface area contributed by atoms with Crippen LogP contribution in [0.5, 0.6) is 5.88 Å². The van der Waals surface area contributed by atoms with Gasteiger partial charge in [0.15, 0.2) is 0 Å². The van der Waals surface area contributed by atoms with Gasteiger partial charge in [0.05, 0.1) is 6.26 Å². The number of hydrogen-bond donors (Lipinski definition) is 1. The molecule has 0 aromatic carbocycles. The number of carbonyl (C=O) groups excluding carboxylic acids is 1. The van der Waals surface area contributed by atoms with Gasteiger partial charge in [-0.25, -0.2) is 13.4 Å². The Morgan fingerprint density at radius 2 is 2.11 bits per heavy atom. The van der Waals surface area contributed by atoms with E-state index in [1.54, 1.807) is 12.3 Å². The molecule has 0 fully saturated rings. The SMILES string of the molecule is CC(=O)NS(=O)(=O)Cc1occc1C/C=C/COc1cc(CN(C)C)ccn1. The molecule has 1 amide bonds. The summed E-state index contributed by atoms with van der Waals surface area (Å²) in [7, 11) is 0.226. The fourth-order valence-corrected chi connectivity index (χ4v) is 3.62. The summed E-state index contributed by atoms with van der Waals surface area (Å²) in [6.07, 6.45) is 7.32. The van der Waals surface area contributed by atoms with Gasteiger partial charge in [-0.1, -0.05) is 12.2 Å². The fourth-order valence-electron chi connectivity index (χ4n) is 2.51. The number of pyridine rings is 1. The van der Waals surface area contributed by atoms with Crippen molar-refractivity contribution in [2.75, 3.05) is 20.7 Å². The average Bonchev–Trinajstić information content (AvgIpc) is 2.99. The maximum absolute atomic E-state index is 11.8. The summed E-state index contributed by atoms with van der Waals surface area (Å²) >= 11 is 0. The van der Waals surface area contributed by atoms with Crippen LogP contribution in [0.25, 0.3) is 0 Å². The summed E-state index contributed by atoms with van der Waals surface area (Å²) in [5.41, 5.74) is 1.85. The smallest absolute Gasteiger partial charge is 0.242 e. The number of rotatable bonds is 10. The molecule has 2 heterocycles. The van der Waals surface area contributed by atoms with E-state index in [1.807, 2.05) is 43.1 Å². The number of aromatic nitrogens is 1. The van der Waals surface area contributed by atoms with Crippen LogP contribution < -0.4 is 9.46 Å².